The fourth-order valence-electron chi connectivity index (χ4n) is 3.93. The molecule has 2 atom stereocenters. The second-order valence-corrected chi connectivity index (χ2v) is 11.1. The SMILES string of the molecule is CC[C@H](C)NC(=O)[C@H](CC)N(Cc1ccccc1C)C(=O)CN(c1cccc(C)c1C)S(C)(=O)=O. The summed E-state index contributed by atoms with van der Waals surface area (Å²) in [4.78, 5) is 28.5. The van der Waals surface area contributed by atoms with Crippen molar-refractivity contribution >= 4 is 27.5 Å². The highest BCUT2D eigenvalue weighted by Gasteiger charge is 2.32. The summed E-state index contributed by atoms with van der Waals surface area (Å²) in [5.74, 6) is -0.660. The van der Waals surface area contributed by atoms with Gasteiger partial charge in [-0.1, -0.05) is 50.2 Å². The minimum atomic E-state index is -3.76. The molecule has 2 amide bonds. The number of nitrogens with one attached hydrogen (secondary N) is 1. The molecule has 2 rings (SSSR count). The van der Waals surface area contributed by atoms with Crippen LogP contribution in [0.3, 0.4) is 0 Å². The second-order valence-electron chi connectivity index (χ2n) is 9.18. The van der Waals surface area contributed by atoms with Crippen molar-refractivity contribution in [1.82, 2.24) is 10.2 Å². The van der Waals surface area contributed by atoms with Crippen molar-refractivity contribution < 1.29 is 18.0 Å². The normalized spacial score (nSPS) is 13.1. The van der Waals surface area contributed by atoms with E-state index in [-0.39, 0.29) is 25.0 Å². The molecule has 0 aliphatic carbocycles. The standard InChI is InChI=1S/C27H39N3O4S/c1-8-21(5)28-27(32)24(9-2)29(17-23-15-11-10-13-20(23)4)26(31)18-30(35(7,33)34)25-16-12-14-19(3)22(25)6/h10-16,21,24H,8-9,17-18H2,1-7H3,(H,28,32)/t21-,24-/m0/s1. The van der Waals surface area contributed by atoms with E-state index in [1.54, 1.807) is 12.1 Å². The van der Waals surface area contributed by atoms with E-state index in [1.165, 1.54) is 4.90 Å². The first kappa shape index (κ1) is 28.4. The number of hydrogen-bond donors (Lipinski definition) is 1. The number of sulfonamides is 1. The lowest BCUT2D eigenvalue weighted by Gasteiger charge is -2.34. The number of carbonyl (C=O) groups excluding carboxylic acids is 2. The van der Waals surface area contributed by atoms with Crippen molar-refractivity contribution in [2.75, 3.05) is 17.1 Å². The zero-order chi connectivity index (χ0) is 26.3. The third-order valence-corrected chi connectivity index (χ3v) is 7.64. The Morgan fingerprint density at radius 1 is 0.943 bits per heavy atom. The average Bonchev–Trinajstić information content (AvgIpc) is 2.79. The van der Waals surface area contributed by atoms with Gasteiger partial charge < -0.3 is 10.2 Å². The number of benzene rings is 2. The van der Waals surface area contributed by atoms with Crippen LogP contribution in [0.4, 0.5) is 5.69 Å². The van der Waals surface area contributed by atoms with Crippen LogP contribution in [0.15, 0.2) is 42.5 Å². The van der Waals surface area contributed by atoms with Gasteiger partial charge in [0.25, 0.3) is 0 Å². The summed E-state index contributed by atoms with van der Waals surface area (Å²) in [6, 6.07) is 12.3. The van der Waals surface area contributed by atoms with Gasteiger partial charge in [-0.2, -0.15) is 0 Å². The van der Waals surface area contributed by atoms with Crippen LogP contribution in [0, 0.1) is 20.8 Å². The van der Waals surface area contributed by atoms with Gasteiger partial charge in [0.2, 0.25) is 21.8 Å². The molecule has 7 nitrogen and oxygen atoms in total. The van der Waals surface area contributed by atoms with Crippen molar-refractivity contribution in [1.29, 1.82) is 0 Å². The van der Waals surface area contributed by atoms with Gasteiger partial charge in [0.05, 0.1) is 11.9 Å². The minimum Gasteiger partial charge on any atom is -0.352 e. The first-order valence-corrected chi connectivity index (χ1v) is 13.9. The molecule has 192 valence electrons. The molecule has 0 saturated carbocycles. The molecule has 2 aromatic carbocycles. The maximum atomic E-state index is 13.8. The fourth-order valence-corrected chi connectivity index (χ4v) is 4.83. The van der Waals surface area contributed by atoms with Crippen LogP contribution in [-0.2, 0) is 26.2 Å². The smallest absolute Gasteiger partial charge is 0.244 e. The lowest BCUT2D eigenvalue weighted by Crippen LogP contribution is -2.53. The van der Waals surface area contributed by atoms with E-state index in [2.05, 4.69) is 5.32 Å². The predicted octanol–water partition coefficient (Wildman–Crippen LogP) is 4.10. The quantitative estimate of drug-likeness (QED) is 0.502. The Labute approximate surface area is 210 Å². The third-order valence-electron chi connectivity index (χ3n) is 6.51. The Kier molecular flexibility index (Phi) is 9.89. The molecule has 0 aliphatic rings. The van der Waals surface area contributed by atoms with Crippen LogP contribution >= 0.6 is 0 Å². The first-order chi connectivity index (χ1) is 16.4. The van der Waals surface area contributed by atoms with Gasteiger partial charge in [0.15, 0.2) is 0 Å². The number of anilines is 1. The largest absolute Gasteiger partial charge is 0.352 e. The molecule has 0 aromatic heterocycles. The summed E-state index contributed by atoms with van der Waals surface area (Å²) in [6.45, 7) is 11.3. The van der Waals surface area contributed by atoms with Crippen LogP contribution < -0.4 is 9.62 Å². The van der Waals surface area contributed by atoms with E-state index >= 15 is 0 Å². The van der Waals surface area contributed by atoms with Crippen molar-refractivity contribution in [2.45, 2.75) is 73.0 Å². The number of hydrogen-bond acceptors (Lipinski definition) is 4. The zero-order valence-electron chi connectivity index (χ0n) is 22.0. The van der Waals surface area contributed by atoms with Gasteiger partial charge in [0, 0.05) is 12.6 Å². The average molecular weight is 502 g/mol. The molecule has 35 heavy (non-hydrogen) atoms. The third kappa shape index (κ3) is 7.31. The molecule has 0 saturated heterocycles. The van der Waals surface area contributed by atoms with Crippen LogP contribution in [-0.4, -0.2) is 50.0 Å². The molecule has 1 N–H and O–H groups in total. The van der Waals surface area contributed by atoms with Crippen LogP contribution in [0.2, 0.25) is 0 Å². The van der Waals surface area contributed by atoms with Crippen molar-refractivity contribution in [2.24, 2.45) is 0 Å². The van der Waals surface area contributed by atoms with Crippen LogP contribution in [0.1, 0.15) is 55.9 Å². The highest BCUT2D eigenvalue weighted by Crippen LogP contribution is 2.26. The van der Waals surface area contributed by atoms with Gasteiger partial charge >= 0.3 is 0 Å². The van der Waals surface area contributed by atoms with Gasteiger partial charge in [0.1, 0.15) is 12.6 Å². The van der Waals surface area contributed by atoms with Crippen molar-refractivity contribution in [3.63, 3.8) is 0 Å². The predicted molar refractivity (Wildman–Crippen MR) is 142 cm³/mol. The molecule has 0 aliphatic heterocycles. The molecule has 2 aromatic rings. The molecule has 0 heterocycles. The van der Waals surface area contributed by atoms with Crippen molar-refractivity contribution in [3.8, 4) is 0 Å². The van der Waals surface area contributed by atoms with E-state index in [0.717, 1.165) is 39.2 Å². The molecular formula is C27H39N3O4S. The Bertz CT molecular complexity index is 1150. The highest BCUT2D eigenvalue weighted by atomic mass is 32.2. The number of rotatable bonds is 11. The maximum Gasteiger partial charge on any atom is 0.244 e. The number of amides is 2. The zero-order valence-corrected chi connectivity index (χ0v) is 22.8. The minimum absolute atomic E-state index is 0.0329. The van der Waals surface area contributed by atoms with E-state index in [9.17, 15) is 18.0 Å². The van der Waals surface area contributed by atoms with Crippen LogP contribution in [0.25, 0.3) is 0 Å². The number of aryl methyl sites for hydroxylation is 2. The summed E-state index contributed by atoms with van der Waals surface area (Å²) in [6.07, 6.45) is 2.27. The lowest BCUT2D eigenvalue weighted by atomic mass is 10.1. The first-order valence-electron chi connectivity index (χ1n) is 12.1. The highest BCUT2D eigenvalue weighted by molar-refractivity contribution is 7.92. The molecule has 0 spiro atoms. The Morgan fingerprint density at radius 2 is 1.57 bits per heavy atom. The van der Waals surface area contributed by atoms with Crippen molar-refractivity contribution in [3.05, 3.63) is 64.7 Å². The van der Waals surface area contributed by atoms with E-state index in [4.69, 9.17) is 0 Å². The Balaban J connectivity index is 2.50. The second kappa shape index (κ2) is 12.2. The van der Waals surface area contributed by atoms with E-state index in [1.807, 2.05) is 71.9 Å². The fraction of sp³-hybridized carbons (Fsp3) is 0.481. The number of carbonyl (C=O) groups is 2. The summed E-state index contributed by atoms with van der Waals surface area (Å²) < 4.78 is 26.7. The van der Waals surface area contributed by atoms with Gasteiger partial charge in [-0.25, -0.2) is 8.42 Å². The monoisotopic (exact) mass is 501 g/mol. The van der Waals surface area contributed by atoms with Gasteiger partial charge in [-0.3, -0.25) is 13.9 Å². The molecule has 0 bridgehead atoms. The molecular weight excluding hydrogens is 462 g/mol. The molecule has 8 heteroatoms. The molecule has 0 unspecified atom stereocenters. The van der Waals surface area contributed by atoms with Gasteiger partial charge in [-0.15, -0.1) is 0 Å². The summed E-state index contributed by atoms with van der Waals surface area (Å²) in [5.41, 5.74) is 4.09. The molecule has 0 fully saturated rings. The maximum absolute atomic E-state index is 13.8. The Morgan fingerprint density at radius 3 is 2.14 bits per heavy atom. The van der Waals surface area contributed by atoms with E-state index < -0.39 is 22.0 Å². The number of nitrogens with zero attached hydrogens (tertiary/aromatic N) is 2. The summed E-state index contributed by atoms with van der Waals surface area (Å²) in [5, 5.41) is 2.98. The molecule has 0 radical (unpaired) electrons. The van der Waals surface area contributed by atoms with Gasteiger partial charge in [-0.05, 0) is 68.9 Å². The Hall–Kier alpha value is -2.87. The van der Waals surface area contributed by atoms with E-state index in [0.29, 0.717) is 12.1 Å². The topological polar surface area (TPSA) is 86.8 Å². The summed E-state index contributed by atoms with van der Waals surface area (Å²) >= 11 is 0. The lowest BCUT2D eigenvalue weighted by molar-refractivity contribution is -0.140. The van der Waals surface area contributed by atoms with Crippen LogP contribution in [0.5, 0.6) is 0 Å². The summed E-state index contributed by atoms with van der Waals surface area (Å²) in [7, 11) is -3.76.